The molecule has 0 amide bonds. The normalized spacial score (nSPS) is 20.9. The fraction of sp³-hybridized carbons (Fsp3) is 0.429. The average Bonchev–Trinajstić information content (AvgIpc) is 2.77. The molecule has 7 heteroatoms. The molecule has 154 valence electrons. The van der Waals surface area contributed by atoms with Crippen LogP contribution in [0.3, 0.4) is 0 Å². The summed E-state index contributed by atoms with van der Waals surface area (Å²) in [4.78, 5) is 1.48. The standard InChI is InChI=1S/C21H28F2N2O2S/c1-5-7-10-16(6-2)21-11-8-9-12-25(28(21,26)27)15-17-13-19(23)20(24(3)4)14-18(17)22/h5-7,10,13-14,21H,2,8-9,11-12,15H2,1,3-4H3/b7-5-,16-10+/t21-/m1/s1. The lowest BCUT2D eigenvalue weighted by molar-refractivity contribution is 0.398. The van der Waals surface area contributed by atoms with Crippen LogP contribution in [0.5, 0.6) is 0 Å². The molecule has 0 aliphatic carbocycles. The van der Waals surface area contributed by atoms with Gasteiger partial charge in [0.2, 0.25) is 10.0 Å². The van der Waals surface area contributed by atoms with E-state index in [1.54, 1.807) is 32.3 Å². The van der Waals surface area contributed by atoms with E-state index in [2.05, 4.69) is 6.58 Å². The summed E-state index contributed by atoms with van der Waals surface area (Å²) in [6, 6.07) is 2.19. The second-order valence-electron chi connectivity index (χ2n) is 7.05. The maximum Gasteiger partial charge on any atom is 0.221 e. The summed E-state index contributed by atoms with van der Waals surface area (Å²) in [5.41, 5.74) is 0.769. The lowest BCUT2D eigenvalue weighted by atomic mass is 10.1. The van der Waals surface area contributed by atoms with E-state index < -0.39 is 26.9 Å². The Labute approximate surface area is 166 Å². The molecular formula is C21H28F2N2O2S. The van der Waals surface area contributed by atoms with Crippen LogP contribution in [0, 0.1) is 11.6 Å². The fourth-order valence-corrected chi connectivity index (χ4v) is 5.37. The number of rotatable bonds is 6. The van der Waals surface area contributed by atoms with Crippen LogP contribution < -0.4 is 4.90 Å². The zero-order chi connectivity index (χ0) is 20.9. The number of benzene rings is 1. The van der Waals surface area contributed by atoms with Gasteiger partial charge in [-0.15, -0.1) is 0 Å². The number of anilines is 1. The van der Waals surface area contributed by atoms with Crippen LogP contribution in [-0.2, 0) is 16.6 Å². The van der Waals surface area contributed by atoms with Crippen molar-refractivity contribution in [3.63, 3.8) is 0 Å². The van der Waals surface area contributed by atoms with Gasteiger partial charge in [-0.05, 0) is 31.4 Å². The first-order valence-electron chi connectivity index (χ1n) is 9.31. The molecule has 0 saturated carbocycles. The van der Waals surface area contributed by atoms with Gasteiger partial charge in [0.05, 0.1) is 5.69 Å². The molecule has 2 rings (SSSR count). The molecular weight excluding hydrogens is 382 g/mol. The topological polar surface area (TPSA) is 40.6 Å². The summed E-state index contributed by atoms with van der Waals surface area (Å²) >= 11 is 0. The lowest BCUT2D eigenvalue weighted by Crippen LogP contribution is -2.38. The molecule has 0 bridgehead atoms. The number of hydrogen-bond donors (Lipinski definition) is 0. The predicted molar refractivity (Wildman–Crippen MR) is 111 cm³/mol. The zero-order valence-electron chi connectivity index (χ0n) is 16.7. The van der Waals surface area contributed by atoms with Crippen LogP contribution in [-0.4, -0.2) is 38.6 Å². The van der Waals surface area contributed by atoms with Crippen molar-refractivity contribution in [3.05, 3.63) is 65.8 Å². The Bertz CT molecular complexity index is 877. The Balaban J connectivity index is 2.40. The monoisotopic (exact) mass is 410 g/mol. The smallest absolute Gasteiger partial charge is 0.221 e. The van der Waals surface area contributed by atoms with Crippen molar-refractivity contribution in [2.24, 2.45) is 0 Å². The highest BCUT2D eigenvalue weighted by molar-refractivity contribution is 7.89. The van der Waals surface area contributed by atoms with Crippen LogP contribution in [0.2, 0.25) is 0 Å². The van der Waals surface area contributed by atoms with Crippen LogP contribution >= 0.6 is 0 Å². The zero-order valence-corrected chi connectivity index (χ0v) is 17.5. The van der Waals surface area contributed by atoms with Gasteiger partial charge in [0, 0.05) is 38.8 Å². The van der Waals surface area contributed by atoms with Gasteiger partial charge in [-0.2, -0.15) is 4.31 Å². The molecule has 1 aliphatic heterocycles. The summed E-state index contributed by atoms with van der Waals surface area (Å²) in [7, 11) is -0.496. The fourth-order valence-electron chi connectivity index (χ4n) is 3.33. The number of nitrogens with zero attached hydrogens (tertiary/aromatic N) is 2. The molecule has 1 heterocycles. The van der Waals surface area contributed by atoms with Gasteiger partial charge in [-0.3, -0.25) is 0 Å². The van der Waals surface area contributed by atoms with Crippen molar-refractivity contribution in [1.29, 1.82) is 0 Å². The minimum atomic E-state index is -3.74. The molecule has 1 atom stereocenters. The molecule has 0 unspecified atom stereocenters. The van der Waals surface area contributed by atoms with Crippen LogP contribution in [0.15, 0.2) is 48.6 Å². The summed E-state index contributed by atoms with van der Waals surface area (Å²) in [6.45, 7) is 5.68. The molecule has 28 heavy (non-hydrogen) atoms. The molecule has 1 saturated heterocycles. The summed E-state index contributed by atoms with van der Waals surface area (Å²) in [5, 5.41) is -0.738. The van der Waals surface area contributed by atoms with E-state index >= 15 is 0 Å². The molecule has 0 N–H and O–H groups in total. The van der Waals surface area contributed by atoms with Gasteiger partial charge in [-0.25, -0.2) is 17.2 Å². The maximum atomic E-state index is 14.5. The minimum absolute atomic E-state index is 0.0323. The predicted octanol–water partition coefficient (Wildman–Crippen LogP) is 4.40. The van der Waals surface area contributed by atoms with E-state index in [1.165, 1.54) is 9.21 Å². The van der Waals surface area contributed by atoms with Gasteiger partial charge in [-0.1, -0.05) is 37.3 Å². The van der Waals surface area contributed by atoms with Crippen molar-refractivity contribution in [2.75, 3.05) is 25.5 Å². The third-order valence-electron chi connectivity index (χ3n) is 4.88. The molecule has 1 aromatic rings. The minimum Gasteiger partial charge on any atom is -0.375 e. The van der Waals surface area contributed by atoms with Gasteiger partial charge in [0.25, 0.3) is 0 Å². The van der Waals surface area contributed by atoms with E-state index in [0.29, 0.717) is 18.4 Å². The Morgan fingerprint density at radius 1 is 1.29 bits per heavy atom. The molecule has 0 aromatic heterocycles. The van der Waals surface area contributed by atoms with E-state index in [1.807, 2.05) is 13.0 Å². The van der Waals surface area contributed by atoms with Crippen molar-refractivity contribution < 1.29 is 17.2 Å². The second kappa shape index (κ2) is 9.47. The Hall–Kier alpha value is -1.99. The van der Waals surface area contributed by atoms with Crippen molar-refractivity contribution in [3.8, 4) is 0 Å². The molecule has 0 spiro atoms. The van der Waals surface area contributed by atoms with Gasteiger partial charge in [0.15, 0.2) is 0 Å². The van der Waals surface area contributed by atoms with E-state index in [9.17, 15) is 17.2 Å². The summed E-state index contributed by atoms with van der Waals surface area (Å²) in [5.74, 6) is -1.19. The Morgan fingerprint density at radius 2 is 2.00 bits per heavy atom. The van der Waals surface area contributed by atoms with Crippen LogP contribution in [0.1, 0.15) is 31.7 Å². The molecule has 4 nitrogen and oxygen atoms in total. The number of allylic oxidation sites excluding steroid dienone is 4. The highest BCUT2D eigenvalue weighted by Gasteiger charge is 2.36. The summed E-state index contributed by atoms with van der Waals surface area (Å²) < 4.78 is 56.6. The molecule has 1 fully saturated rings. The highest BCUT2D eigenvalue weighted by Crippen LogP contribution is 2.30. The van der Waals surface area contributed by atoms with Gasteiger partial charge >= 0.3 is 0 Å². The average molecular weight is 411 g/mol. The highest BCUT2D eigenvalue weighted by atomic mass is 32.2. The van der Waals surface area contributed by atoms with E-state index in [4.69, 9.17) is 0 Å². The second-order valence-corrected chi connectivity index (χ2v) is 9.16. The summed E-state index contributed by atoms with van der Waals surface area (Å²) in [6.07, 6.45) is 8.76. The number of hydrogen-bond acceptors (Lipinski definition) is 3. The molecule has 1 aromatic carbocycles. The van der Waals surface area contributed by atoms with Gasteiger partial charge < -0.3 is 4.90 Å². The third-order valence-corrected chi connectivity index (χ3v) is 7.13. The first kappa shape index (κ1) is 22.3. The third kappa shape index (κ3) is 4.89. The SMILES string of the molecule is C=C/C(=C\C=C/C)[C@H]1CCCCN(Cc2cc(F)c(N(C)C)cc2F)S1(=O)=O. The van der Waals surface area contributed by atoms with Crippen LogP contribution in [0.4, 0.5) is 14.5 Å². The van der Waals surface area contributed by atoms with E-state index in [-0.39, 0.29) is 24.3 Å². The molecule has 0 radical (unpaired) electrons. The van der Waals surface area contributed by atoms with Crippen molar-refractivity contribution in [2.45, 2.75) is 38.0 Å². The largest absolute Gasteiger partial charge is 0.375 e. The van der Waals surface area contributed by atoms with Crippen molar-refractivity contribution in [1.82, 2.24) is 4.31 Å². The number of sulfonamides is 1. The lowest BCUT2D eigenvalue weighted by Gasteiger charge is -2.26. The van der Waals surface area contributed by atoms with Crippen molar-refractivity contribution >= 4 is 15.7 Å². The van der Waals surface area contributed by atoms with Gasteiger partial charge in [0.1, 0.15) is 16.9 Å². The van der Waals surface area contributed by atoms with E-state index in [0.717, 1.165) is 18.6 Å². The molecule has 1 aliphatic rings. The maximum absolute atomic E-state index is 14.5. The first-order chi connectivity index (χ1) is 13.2. The Morgan fingerprint density at radius 3 is 2.61 bits per heavy atom. The Kier molecular flexibility index (Phi) is 7.55. The van der Waals surface area contributed by atoms with Crippen LogP contribution in [0.25, 0.3) is 0 Å². The first-order valence-corrected chi connectivity index (χ1v) is 10.8. The number of halogens is 2. The quantitative estimate of drug-likeness (QED) is 0.653.